The van der Waals surface area contributed by atoms with E-state index < -0.39 is 0 Å². The predicted octanol–water partition coefficient (Wildman–Crippen LogP) is 7.29. The van der Waals surface area contributed by atoms with E-state index in [9.17, 15) is 4.39 Å². The second-order valence-corrected chi connectivity index (χ2v) is 7.24. The highest BCUT2D eigenvalue weighted by Crippen LogP contribution is 2.38. The average Bonchev–Trinajstić information content (AvgIpc) is 2.70. The lowest BCUT2D eigenvalue weighted by atomic mass is 9.77. The van der Waals surface area contributed by atoms with Crippen molar-refractivity contribution >= 4 is 0 Å². The Kier molecular flexibility index (Phi) is 6.88. The van der Waals surface area contributed by atoms with Crippen LogP contribution in [-0.2, 0) is 0 Å². The molecule has 0 atom stereocenters. The first kappa shape index (κ1) is 18.7. The highest BCUT2D eigenvalue weighted by molar-refractivity contribution is 5.64. The zero-order valence-electron chi connectivity index (χ0n) is 15.7. The molecule has 2 heteroatoms. The van der Waals surface area contributed by atoms with Gasteiger partial charge in [0.1, 0.15) is 5.75 Å². The molecule has 1 aliphatic rings. The van der Waals surface area contributed by atoms with E-state index in [1.54, 1.807) is 6.08 Å². The molecule has 1 aliphatic carbocycles. The topological polar surface area (TPSA) is 9.23 Å². The van der Waals surface area contributed by atoms with Gasteiger partial charge in [-0.2, -0.15) is 0 Å². The highest BCUT2D eigenvalue weighted by Gasteiger charge is 2.21. The van der Waals surface area contributed by atoms with Crippen molar-refractivity contribution in [3.63, 3.8) is 0 Å². The zero-order valence-corrected chi connectivity index (χ0v) is 15.7. The van der Waals surface area contributed by atoms with Crippen molar-refractivity contribution in [1.82, 2.24) is 0 Å². The molecule has 0 unspecified atom stereocenters. The van der Waals surface area contributed by atoms with Gasteiger partial charge in [-0.15, -0.1) is 0 Å². The monoisotopic (exact) mass is 352 g/mol. The molecule has 0 saturated heterocycles. The van der Waals surface area contributed by atoms with E-state index in [2.05, 4.69) is 36.4 Å². The fraction of sp³-hybridized carbons (Fsp3) is 0.417. The molecular weight excluding hydrogens is 323 g/mol. The lowest BCUT2D eigenvalue weighted by Crippen LogP contribution is -2.13. The minimum absolute atomic E-state index is 0.678. The SMILES string of the molecule is CCOc1ccc(-c2ccc([C@H]3CC[C@H](CC/C=C/F)CC3)cc2)cc1. The molecular formula is C24H29FO. The first-order chi connectivity index (χ1) is 12.8. The Bertz CT molecular complexity index is 679. The summed E-state index contributed by atoms with van der Waals surface area (Å²) in [6.45, 7) is 2.70. The Labute approximate surface area is 156 Å². The van der Waals surface area contributed by atoms with E-state index in [0.29, 0.717) is 18.9 Å². The second-order valence-electron chi connectivity index (χ2n) is 7.24. The molecule has 138 valence electrons. The third kappa shape index (κ3) is 4.97. The molecule has 0 aliphatic heterocycles. The normalized spacial score (nSPS) is 20.4. The summed E-state index contributed by atoms with van der Waals surface area (Å²) in [4.78, 5) is 0. The van der Waals surface area contributed by atoms with Crippen LogP contribution in [0.3, 0.4) is 0 Å². The van der Waals surface area contributed by atoms with Crippen molar-refractivity contribution in [2.75, 3.05) is 6.61 Å². The lowest BCUT2D eigenvalue weighted by molar-refractivity contribution is 0.311. The van der Waals surface area contributed by atoms with Crippen LogP contribution in [0.5, 0.6) is 5.75 Å². The van der Waals surface area contributed by atoms with Crippen molar-refractivity contribution < 1.29 is 9.13 Å². The summed E-state index contributed by atoms with van der Waals surface area (Å²) in [5.74, 6) is 2.37. The summed E-state index contributed by atoms with van der Waals surface area (Å²) < 4.78 is 17.6. The number of hydrogen-bond donors (Lipinski definition) is 0. The molecule has 0 amide bonds. The number of benzene rings is 2. The minimum atomic E-state index is 0.678. The van der Waals surface area contributed by atoms with E-state index in [1.807, 2.05) is 19.1 Å². The molecule has 2 aromatic rings. The van der Waals surface area contributed by atoms with E-state index >= 15 is 0 Å². The Balaban J connectivity index is 1.56. The van der Waals surface area contributed by atoms with Crippen molar-refractivity contribution in [3.8, 4) is 16.9 Å². The zero-order chi connectivity index (χ0) is 18.2. The van der Waals surface area contributed by atoms with Gasteiger partial charge in [-0.25, -0.2) is 4.39 Å². The van der Waals surface area contributed by atoms with Crippen LogP contribution in [0.2, 0.25) is 0 Å². The quantitative estimate of drug-likeness (QED) is 0.508. The van der Waals surface area contributed by atoms with Gasteiger partial charge in [-0.3, -0.25) is 0 Å². The van der Waals surface area contributed by atoms with Gasteiger partial charge in [0.05, 0.1) is 12.9 Å². The summed E-state index contributed by atoms with van der Waals surface area (Å²) in [7, 11) is 0. The van der Waals surface area contributed by atoms with Crippen molar-refractivity contribution in [3.05, 3.63) is 66.5 Å². The van der Waals surface area contributed by atoms with Gasteiger partial charge in [0.15, 0.2) is 0 Å². The summed E-state index contributed by atoms with van der Waals surface area (Å²) >= 11 is 0. The van der Waals surface area contributed by atoms with Crippen LogP contribution in [0.4, 0.5) is 4.39 Å². The molecule has 0 radical (unpaired) electrons. The Morgan fingerprint density at radius 2 is 1.54 bits per heavy atom. The maximum absolute atomic E-state index is 12.1. The lowest BCUT2D eigenvalue weighted by Gasteiger charge is -2.28. The smallest absolute Gasteiger partial charge is 0.119 e. The van der Waals surface area contributed by atoms with Crippen molar-refractivity contribution in [1.29, 1.82) is 0 Å². The Morgan fingerprint density at radius 3 is 2.12 bits per heavy atom. The number of ether oxygens (including phenoxy) is 1. The number of hydrogen-bond acceptors (Lipinski definition) is 1. The van der Waals surface area contributed by atoms with E-state index in [1.165, 1.54) is 42.4 Å². The van der Waals surface area contributed by atoms with Crippen LogP contribution in [0.25, 0.3) is 11.1 Å². The maximum Gasteiger partial charge on any atom is 0.119 e. The summed E-state index contributed by atoms with van der Waals surface area (Å²) in [5, 5.41) is 0. The first-order valence-electron chi connectivity index (χ1n) is 9.88. The Morgan fingerprint density at radius 1 is 0.923 bits per heavy atom. The minimum Gasteiger partial charge on any atom is -0.494 e. The van der Waals surface area contributed by atoms with Gasteiger partial charge in [-0.1, -0.05) is 42.5 Å². The highest BCUT2D eigenvalue weighted by atomic mass is 19.1. The predicted molar refractivity (Wildman–Crippen MR) is 107 cm³/mol. The number of allylic oxidation sites excluding steroid dienone is 1. The fourth-order valence-electron chi connectivity index (χ4n) is 4.04. The molecule has 1 nitrogen and oxygen atoms in total. The van der Waals surface area contributed by atoms with Gasteiger partial charge in [0, 0.05) is 0 Å². The van der Waals surface area contributed by atoms with Crippen LogP contribution in [0.1, 0.15) is 56.9 Å². The van der Waals surface area contributed by atoms with Crippen molar-refractivity contribution in [2.45, 2.75) is 51.4 Å². The van der Waals surface area contributed by atoms with E-state index in [0.717, 1.165) is 24.5 Å². The summed E-state index contributed by atoms with van der Waals surface area (Å²) in [6.07, 6.45) is 9.38. The summed E-state index contributed by atoms with van der Waals surface area (Å²) in [5.41, 5.74) is 3.94. The van der Waals surface area contributed by atoms with Gasteiger partial charge < -0.3 is 4.74 Å². The van der Waals surface area contributed by atoms with Crippen LogP contribution >= 0.6 is 0 Å². The molecule has 26 heavy (non-hydrogen) atoms. The molecule has 0 heterocycles. The molecule has 2 aromatic carbocycles. The van der Waals surface area contributed by atoms with Gasteiger partial charge in [-0.05, 0) is 86.1 Å². The molecule has 0 aromatic heterocycles. The van der Waals surface area contributed by atoms with Gasteiger partial charge in [0.25, 0.3) is 0 Å². The molecule has 0 N–H and O–H groups in total. The molecule has 0 bridgehead atoms. The van der Waals surface area contributed by atoms with Crippen LogP contribution in [0, 0.1) is 5.92 Å². The van der Waals surface area contributed by atoms with E-state index in [4.69, 9.17) is 4.74 Å². The fourth-order valence-corrected chi connectivity index (χ4v) is 4.04. The standard InChI is InChI=1S/C24H29FO/c1-2-26-24-16-14-23(15-17-24)22-12-10-21(11-13-22)20-8-6-19(7-9-20)5-3-4-18-25/h4,10-20H,2-3,5-9H2,1H3/b18-4+/t19-,20-. The molecule has 3 rings (SSSR count). The van der Waals surface area contributed by atoms with Gasteiger partial charge >= 0.3 is 0 Å². The summed E-state index contributed by atoms with van der Waals surface area (Å²) in [6, 6.07) is 17.4. The van der Waals surface area contributed by atoms with Crippen molar-refractivity contribution in [2.24, 2.45) is 5.92 Å². The second kappa shape index (κ2) is 9.56. The van der Waals surface area contributed by atoms with Gasteiger partial charge in [0.2, 0.25) is 0 Å². The first-order valence-corrected chi connectivity index (χ1v) is 9.88. The molecule has 0 spiro atoms. The third-order valence-corrected chi connectivity index (χ3v) is 5.56. The Hall–Kier alpha value is -2.09. The largest absolute Gasteiger partial charge is 0.494 e. The van der Waals surface area contributed by atoms with Crippen LogP contribution in [0.15, 0.2) is 60.9 Å². The third-order valence-electron chi connectivity index (χ3n) is 5.56. The van der Waals surface area contributed by atoms with Crippen LogP contribution in [-0.4, -0.2) is 6.61 Å². The number of halogens is 1. The molecule has 1 fully saturated rings. The average molecular weight is 352 g/mol. The van der Waals surface area contributed by atoms with E-state index in [-0.39, 0.29) is 0 Å². The molecule has 1 saturated carbocycles. The maximum atomic E-state index is 12.1. The number of rotatable bonds is 7. The van der Waals surface area contributed by atoms with Crippen LogP contribution < -0.4 is 4.74 Å².